The standard InChI is InChI=1S/C19H24N4O3/c24-11-15-3-4-17(23-7-5-20-6-8-23)16-10-21-19(22-18(15)16)26-13-14-2-1-9-25-12-14/h3-4,10-11,14,20H,1-2,5-9,12-13H2. The molecule has 1 aromatic carbocycles. The third-order valence-electron chi connectivity index (χ3n) is 5.02. The lowest BCUT2D eigenvalue weighted by Crippen LogP contribution is -2.43. The molecule has 2 aliphatic rings. The average molecular weight is 356 g/mol. The molecule has 2 saturated heterocycles. The van der Waals surface area contributed by atoms with Gasteiger partial charge in [-0.15, -0.1) is 0 Å². The highest BCUT2D eigenvalue weighted by Gasteiger charge is 2.18. The highest BCUT2D eigenvalue weighted by molar-refractivity contribution is 6.01. The van der Waals surface area contributed by atoms with Gasteiger partial charge in [-0.25, -0.2) is 4.98 Å². The summed E-state index contributed by atoms with van der Waals surface area (Å²) in [5.41, 5.74) is 2.28. The van der Waals surface area contributed by atoms with Crippen LogP contribution in [-0.2, 0) is 4.74 Å². The van der Waals surface area contributed by atoms with Crippen molar-refractivity contribution in [2.75, 3.05) is 50.9 Å². The van der Waals surface area contributed by atoms with Crippen LogP contribution in [0.4, 0.5) is 5.69 Å². The number of hydrogen-bond acceptors (Lipinski definition) is 7. The Kier molecular flexibility index (Phi) is 5.26. The lowest BCUT2D eigenvalue weighted by atomic mass is 10.0. The number of nitrogens with zero attached hydrogens (tertiary/aromatic N) is 3. The van der Waals surface area contributed by atoms with E-state index in [0.717, 1.165) is 69.6 Å². The minimum absolute atomic E-state index is 0.323. The largest absolute Gasteiger partial charge is 0.463 e. The molecule has 1 unspecified atom stereocenters. The molecule has 2 aliphatic heterocycles. The van der Waals surface area contributed by atoms with Gasteiger partial charge in [0.2, 0.25) is 0 Å². The fourth-order valence-corrected chi connectivity index (χ4v) is 3.59. The van der Waals surface area contributed by atoms with Gasteiger partial charge in [-0.2, -0.15) is 4.98 Å². The zero-order chi connectivity index (χ0) is 17.8. The Morgan fingerprint density at radius 3 is 3.00 bits per heavy atom. The van der Waals surface area contributed by atoms with E-state index >= 15 is 0 Å². The number of fused-ring (bicyclic) bond motifs is 1. The van der Waals surface area contributed by atoms with Crippen molar-refractivity contribution in [3.63, 3.8) is 0 Å². The molecule has 0 bridgehead atoms. The third-order valence-corrected chi connectivity index (χ3v) is 5.02. The smallest absolute Gasteiger partial charge is 0.316 e. The van der Waals surface area contributed by atoms with Crippen molar-refractivity contribution < 1.29 is 14.3 Å². The normalized spacial score (nSPS) is 20.9. The summed E-state index contributed by atoms with van der Waals surface area (Å²) in [5.74, 6) is 0.376. The first-order valence-electron chi connectivity index (χ1n) is 9.26. The van der Waals surface area contributed by atoms with Crippen LogP contribution in [0.15, 0.2) is 18.3 Å². The number of anilines is 1. The molecule has 138 valence electrons. The van der Waals surface area contributed by atoms with Crippen LogP contribution in [0.25, 0.3) is 10.9 Å². The summed E-state index contributed by atoms with van der Waals surface area (Å²) < 4.78 is 11.3. The maximum Gasteiger partial charge on any atom is 0.316 e. The van der Waals surface area contributed by atoms with Crippen LogP contribution in [-0.4, -0.2) is 62.3 Å². The van der Waals surface area contributed by atoms with E-state index in [1.807, 2.05) is 12.1 Å². The second-order valence-corrected chi connectivity index (χ2v) is 6.84. The number of carbonyl (C=O) groups excluding carboxylic acids is 1. The quantitative estimate of drug-likeness (QED) is 0.817. The topological polar surface area (TPSA) is 76.6 Å². The number of benzene rings is 1. The number of aromatic nitrogens is 2. The number of ether oxygens (including phenoxy) is 2. The van der Waals surface area contributed by atoms with Gasteiger partial charge in [0.15, 0.2) is 6.29 Å². The molecule has 3 heterocycles. The molecule has 0 aliphatic carbocycles. The van der Waals surface area contributed by atoms with E-state index in [0.29, 0.717) is 29.6 Å². The summed E-state index contributed by atoms with van der Waals surface area (Å²) in [7, 11) is 0. The third kappa shape index (κ3) is 3.64. The van der Waals surface area contributed by atoms with Crippen molar-refractivity contribution in [1.82, 2.24) is 15.3 Å². The van der Waals surface area contributed by atoms with Gasteiger partial charge in [-0.3, -0.25) is 4.79 Å². The summed E-state index contributed by atoms with van der Waals surface area (Å²) in [5, 5.41) is 4.25. The molecule has 4 rings (SSSR count). The number of rotatable bonds is 5. The highest BCUT2D eigenvalue weighted by Crippen LogP contribution is 2.29. The molecule has 2 fully saturated rings. The molecule has 0 spiro atoms. The number of hydrogen-bond donors (Lipinski definition) is 1. The Hall–Kier alpha value is -2.25. The first kappa shape index (κ1) is 17.2. The van der Waals surface area contributed by atoms with E-state index < -0.39 is 0 Å². The van der Waals surface area contributed by atoms with Crippen molar-refractivity contribution in [3.05, 3.63) is 23.9 Å². The Bertz CT molecular complexity index is 771. The zero-order valence-corrected chi connectivity index (χ0v) is 14.8. The molecule has 2 aromatic rings. The van der Waals surface area contributed by atoms with E-state index in [-0.39, 0.29) is 0 Å². The summed E-state index contributed by atoms with van der Waals surface area (Å²) in [6.45, 7) is 5.84. The predicted molar refractivity (Wildman–Crippen MR) is 99.0 cm³/mol. The zero-order valence-electron chi connectivity index (χ0n) is 14.8. The monoisotopic (exact) mass is 356 g/mol. The van der Waals surface area contributed by atoms with Crippen molar-refractivity contribution >= 4 is 22.9 Å². The van der Waals surface area contributed by atoms with E-state index in [1.54, 1.807) is 6.20 Å². The summed E-state index contributed by atoms with van der Waals surface area (Å²) in [6.07, 6.45) is 4.78. The van der Waals surface area contributed by atoms with Crippen LogP contribution in [0.5, 0.6) is 6.01 Å². The van der Waals surface area contributed by atoms with Crippen LogP contribution in [0.1, 0.15) is 23.2 Å². The molecule has 7 nitrogen and oxygen atoms in total. The van der Waals surface area contributed by atoms with Crippen molar-refractivity contribution in [2.45, 2.75) is 12.8 Å². The van der Waals surface area contributed by atoms with Gasteiger partial charge in [0.1, 0.15) is 0 Å². The van der Waals surface area contributed by atoms with Crippen LogP contribution < -0.4 is 15.0 Å². The molecule has 1 aromatic heterocycles. The Labute approximate surface area is 152 Å². The SMILES string of the molecule is O=Cc1ccc(N2CCNCC2)c2cnc(OCC3CCCOC3)nc12. The fraction of sp³-hybridized carbons (Fsp3) is 0.526. The van der Waals surface area contributed by atoms with Gasteiger partial charge in [0, 0.05) is 61.5 Å². The molecule has 26 heavy (non-hydrogen) atoms. The first-order chi connectivity index (χ1) is 12.8. The molecule has 1 atom stereocenters. The first-order valence-corrected chi connectivity index (χ1v) is 9.26. The van der Waals surface area contributed by atoms with E-state index in [4.69, 9.17) is 9.47 Å². The Morgan fingerprint density at radius 2 is 2.23 bits per heavy atom. The summed E-state index contributed by atoms with van der Waals surface area (Å²) in [6, 6.07) is 4.14. The number of piperazine rings is 1. The minimum Gasteiger partial charge on any atom is -0.463 e. The second kappa shape index (κ2) is 7.97. The van der Waals surface area contributed by atoms with Crippen molar-refractivity contribution in [3.8, 4) is 6.01 Å². The van der Waals surface area contributed by atoms with Gasteiger partial charge in [-0.1, -0.05) is 0 Å². The van der Waals surface area contributed by atoms with Crippen LogP contribution in [0.3, 0.4) is 0 Å². The number of aldehydes is 1. The Balaban J connectivity index is 1.59. The van der Waals surface area contributed by atoms with Gasteiger partial charge < -0.3 is 19.7 Å². The van der Waals surface area contributed by atoms with E-state index in [2.05, 4.69) is 20.2 Å². The Morgan fingerprint density at radius 1 is 1.35 bits per heavy atom. The maximum absolute atomic E-state index is 11.5. The highest BCUT2D eigenvalue weighted by atomic mass is 16.5. The van der Waals surface area contributed by atoms with Gasteiger partial charge in [0.05, 0.1) is 18.7 Å². The van der Waals surface area contributed by atoms with Crippen molar-refractivity contribution in [2.24, 2.45) is 5.92 Å². The lowest BCUT2D eigenvalue weighted by Gasteiger charge is -2.30. The van der Waals surface area contributed by atoms with Crippen LogP contribution >= 0.6 is 0 Å². The molecular weight excluding hydrogens is 332 g/mol. The van der Waals surface area contributed by atoms with Crippen LogP contribution in [0.2, 0.25) is 0 Å². The summed E-state index contributed by atoms with van der Waals surface area (Å²) in [4.78, 5) is 22.7. The molecule has 1 N–H and O–H groups in total. The molecule has 0 saturated carbocycles. The van der Waals surface area contributed by atoms with Gasteiger partial charge in [-0.05, 0) is 25.0 Å². The molecule has 7 heteroatoms. The summed E-state index contributed by atoms with van der Waals surface area (Å²) >= 11 is 0. The van der Waals surface area contributed by atoms with Gasteiger partial charge >= 0.3 is 6.01 Å². The van der Waals surface area contributed by atoms with E-state index in [9.17, 15) is 4.79 Å². The second-order valence-electron chi connectivity index (χ2n) is 6.84. The van der Waals surface area contributed by atoms with Crippen molar-refractivity contribution in [1.29, 1.82) is 0 Å². The average Bonchev–Trinajstić information content (AvgIpc) is 2.72. The predicted octanol–water partition coefficient (Wildman–Crippen LogP) is 1.66. The number of carbonyl (C=O) groups is 1. The molecular formula is C19H24N4O3. The van der Waals surface area contributed by atoms with Gasteiger partial charge in [0.25, 0.3) is 0 Å². The van der Waals surface area contributed by atoms with E-state index in [1.165, 1.54) is 0 Å². The fourth-order valence-electron chi connectivity index (χ4n) is 3.59. The van der Waals surface area contributed by atoms with Crippen LogP contribution in [0, 0.1) is 5.92 Å². The minimum atomic E-state index is 0.323. The number of nitrogens with one attached hydrogen (secondary N) is 1. The molecule has 0 amide bonds. The molecule has 0 radical (unpaired) electrons. The maximum atomic E-state index is 11.5. The lowest BCUT2D eigenvalue weighted by molar-refractivity contribution is 0.0336.